The van der Waals surface area contributed by atoms with E-state index in [2.05, 4.69) is 32.5 Å². The lowest BCUT2D eigenvalue weighted by Crippen LogP contribution is -2.25. The average Bonchev–Trinajstić information content (AvgIpc) is 2.71. The molecule has 2 aromatic heterocycles. The highest BCUT2D eigenvalue weighted by molar-refractivity contribution is 5.93. The van der Waals surface area contributed by atoms with Crippen molar-refractivity contribution in [2.24, 2.45) is 0 Å². The summed E-state index contributed by atoms with van der Waals surface area (Å²) in [5.41, 5.74) is 1.99. The van der Waals surface area contributed by atoms with Gasteiger partial charge in [-0.2, -0.15) is 0 Å². The quantitative estimate of drug-likeness (QED) is 0.685. The summed E-state index contributed by atoms with van der Waals surface area (Å²) in [6.07, 6.45) is 2.67. The van der Waals surface area contributed by atoms with E-state index in [-0.39, 0.29) is 5.91 Å². The molecule has 0 saturated carbocycles. The van der Waals surface area contributed by atoms with Crippen molar-refractivity contribution in [3.8, 4) is 11.4 Å². The molecule has 0 bridgehead atoms. The van der Waals surface area contributed by atoms with Crippen LogP contribution in [-0.2, 0) is 6.54 Å². The summed E-state index contributed by atoms with van der Waals surface area (Å²) in [7, 11) is 0. The second-order valence-corrected chi connectivity index (χ2v) is 5.76. The van der Waals surface area contributed by atoms with Gasteiger partial charge in [-0.25, -0.2) is 9.97 Å². The number of hydrogen-bond acceptors (Lipinski definition) is 5. The fourth-order valence-corrected chi connectivity index (χ4v) is 2.39. The molecule has 0 saturated heterocycles. The van der Waals surface area contributed by atoms with Gasteiger partial charge in [-0.1, -0.05) is 43.3 Å². The van der Waals surface area contributed by atoms with Crippen LogP contribution in [0.3, 0.4) is 0 Å². The molecule has 2 heterocycles. The maximum absolute atomic E-state index is 12.6. The van der Waals surface area contributed by atoms with Crippen molar-refractivity contribution < 1.29 is 4.79 Å². The first-order chi connectivity index (χ1) is 12.8. The summed E-state index contributed by atoms with van der Waals surface area (Å²) in [6.45, 7) is 3.20. The predicted octanol–water partition coefficient (Wildman–Crippen LogP) is 3.29. The van der Waals surface area contributed by atoms with E-state index >= 15 is 0 Å². The number of nitrogens with zero attached hydrogens (tertiary/aromatic N) is 3. The zero-order valence-corrected chi connectivity index (χ0v) is 14.6. The number of pyridine rings is 1. The van der Waals surface area contributed by atoms with Crippen LogP contribution in [0.25, 0.3) is 11.4 Å². The van der Waals surface area contributed by atoms with Gasteiger partial charge in [0.25, 0.3) is 5.91 Å². The van der Waals surface area contributed by atoms with Crippen molar-refractivity contribution in [2.75, 3.05) is 11.9 Å². The van der Waals surface area contributed by atoms with E-state index in [1.807, 2.05) is 48.5 Å². The molecular weight excluding hydrogens is 326 g/mol. The van der Waals surface area contributed by atoms with Crippen LogP contribution in [0, 0.1) is 0 Å². The fraction of sp³-hybridized carbons (Fsp3) is 0.200. The minimum absolute atomic E-state index is 0.255. The molecule has 1 amide bonds. The van der Waals surface area contributed by atoms with E-state index < -0.39 is 0 Å². The van der Waals surface area contributed by atoms with E-state index in [0.29, 0.717) is 23.9 Å². The third kappa shape index (κ3) is 4.63. The van der Waals surface area contributed by atoms with Gasteiger partial charge in [0, 0.05) is 24.4 Å². The first-order valence-corrected chi connectivity index (χ1v) is 8.62. The van der Waals surface area contributed by atoms with Gasteiger partial charge in [0.05, 0.1) is 12.2 Å². The Balaban J connectivity index is 1.83. The molecule has 0 aliphatic carbocycles. The van der Waals surface area contributed by atoms with E-state index in [0.717, 1.165) is 24.2 Å². The Morgan fingerprint density at radius 1 is 1.04 bits per heavy atom. The molecule has 3 aromatic rings. The summed E-state index contributed by atoms with van der Waals surface area (Å²) < 4.78 is 0. The van der Waals surface area contributed by atoms with E-state index in [1.165, 1.54) is 0 Å². The average molecular weight is 347 g/mol. The van der Waals surface area contributed by atoms with Crippen molar-refractivity contribution in [1.82, 2.24) is 20.3 Å². The van der Waals surface area contributed by atoms with Crippen LogP contribution in [0.1, 0.15) is 29.5 Å². The van der Waals surface area contributed by atoms with Gasteiger partial charge in [0.1, 0.15) is 11.5 Å². The molecular formula is C20H21N5O. The van der Waals surface area contributed by atoms with Gasteiger partial charge in [0.15, 0.2) is 5.82 Å². The molecule has 0 atom stereocenters. The Bertz CT molecular complexity index is 853. The molecule has 132 valence electrons. The molecule has 0 aliphatic rings. The normalized spacial score (nSPS) is 10.3. The summed E-state index contributed by atoms with van der Waals surface area (Å²) >= 11 is 0. The molecule has 6 heteroatoms. The van der Waals surface area contributed by atoms with Gasteiger partial charge >= 0.3 is 0 Å². The number of anilines is 1. The molecule has 0 unspecified atom stereocenters. The van der Waals surface area contributed by atoms with Crippen LogP contribution < -0.4 is 10.6 Å². The van der Waals surface area contributed by atoms with Crippen molar-refractivity contribution in [3.63, 3.8) is 0 Å². The molecule has 26 heavy (non-hydrogen) atoms. The smallest absolute Gasteiger partial charge is 0.270 e. The fourth-order valence-electron chi connectivity index (χ4n) is 2.39. The van der Waals surface area contributed by atoms with E-state index in [4.69, 9.17) is 0 Å². The minimum Gasteiger partial charge on any atom is -0.370 e. The maximum atomic E-state index is 12.6. The second kappa shape index (κ2) is 8.71. The number of rotatable bonds is 7. The highest BCUT2D eigenvalue weighted by atomic mass is 16.1. The van der Waals surface area contributed by atoms with E-state index in [9.17, 15) is 4.79 Å². The Hall–Kier alpha value is -3.28. The summed E-state index contributed by atoms with van der Waals surface area (Å²) in [6, 6.07) is 16.9. The van der Waals surface area contributed by atoms with Crippen molar-refractivity contribution in [1.29, 1.82) is 0 Å². The minimum atomic E-state index is -0.255. The lowest BCUT2D eigenvalue weighted by molar-refractivity contribution is 0.0945. The molecule has 3 rings (SSSR count). The third-order valence-corrected chi connectivity index (χ3v) is 3.70. The van der Waals surface area contributed by atoms with Crippen molar-refractivity contribution >= 4 is 11.7 Å². The van der Waals surface area contributed by atoms with Crippen LogP contribution in [0.2, 0.25) is 0 Å². The number of carbonyl (C=O) groups excluding carboxylic acids is 1. The summed E-state index contributed by atoms with van der Waals surface area (Å²) in [5, 5.41) is 6.09. The van der Waals surface area contributed by atoms with Crippen LogP contribution >= 0.6 is 0 Å². The molecule has 1 aromatic carbocycles. The maximum Gasteiger partial charge on any atom is 0.270 e. The highest BCUT2D eigenvalue weighted by Gasteiger charge is 2.13. The summed E-state index contributed by atoms with van der Waals surface area (Å²) in [4.78, 5) is 25.7. The Kier molecular flexibility index (Phi) is 5.88. The monoisotopic (exact) mass is 347 g/mol. The highest BCUT2D eigenvalue weighted by Crippen LogP contribution is 2.18. The van der Waals surface area contributed by atoms with Crippen LogP contribution in [0.15, 0.2) is 60.8 Å². The van der Waals surface area contributed by atoms with Gasteiger partial charge in [-0.3, -0.25) is 9.78 Å². The first-order valence-electron chi connectivity index (χ1n) is 8.62. The zero-order chi connectivity index (χ0) is 18.2. The number of nitrogens with one attached hydrogen (secondary N) is 2. The van der Waals surface area contributed by atoms with Gasteiger partial charge in [-0.15, -0.1) is 0 Å². The second-order valence-electron chi connectivity index (χ2n) is 5.76. The summed E-state index contributed by atoms with van der Waals surface area (Å²) in [5.74, 6) is 0.910. The van der Waals surface area contributed by atoms with Crippen molar-refractivity contribution in [3.05, 3.63) is 72.2 Å². The largest absolute Gasteiger partial charge is 0.370 e. The first kappa shape index (κ1) is 17.5. The number of aromatic nitrogens is 3. The van der Waals surface area contributed by atoms with Crippen LogP contribution in [0.4, 0.5) is 5.82 Å². The molecule has 0 spiro atoms. The predicted molar refractivity (Wildman–Crippen MR) is 102 cm³/mol. The number of benzene rings is 1. The van der Waals surface area contributed by atoms with Crippen LogP contribution in [-0.4, -0.2) is 27.4 Å². The lowest BCUT2D eigenvalue weighted by Gasteiger charge is -2.10. The van der Waals surface area contributed by atoms with Gasteiger partial charge < -0.3 is 10.6 Å². The molecule has 2 N–H and O–H groups in total. The number of hydrogen-bond donors (Lipinski definition) is 2. The molecule has 0 radical (unpaired) electrons. The molecule has 0 fully saturated rings. The number of carbonyl (C=O) groups is 1. The van der Waals surface area contributed by atoms with Gasteiger partial charge in [0.2, 0.25) is 0 Å². The molecule has 0 aliphatic heterocycles. The third-order valence-electron chi connectivity index (χ3n) is 3.70. The molecule has 6 nitrogen and oxygen atoms in total. The van der Waals surface area contributed by atoms with Crippen LogP contribution in [0.5, 0.6) is 0 Å². The van der Waals surface area contributed by atoms with E-state index in [1.54, 1.807) is 12.3 Å². The SMILES string of the molecule is CCCNc1cc(C(=O)NCc2ccccn2)nc(-c2ccccc2)n1. The topological polar surface area (TPSA) is 79.8 Å². The zero-order valence-electron chi connectivity index (χ0n) is 14.6. The standard InChI is InChI=1S/C20H21N5O/c1-2-11-22-18-13-17(20(26)23-14-16-10-6-7-12-21-16)24-19(25-18)15-8-4-3-5-9-15/h3-10,12-13H,2,11,14H2,1H3,(H,23,26)(H,22,24,25). The Labute approximate surface area is 152 Å². The lowest BCUT2D eigenvalue weighted by atomic mass is 10.2. The number of amides is 1. The Morgan fingerprint density at radius 3 is 2.58 bits per heavy atom. The van der Waals surface area contributed by atoms with Crippen molar-refractivity contribution in [2.45, 2.75) is 19.9 Å². The van der Waals surface area contributed by atoms with Gasteiger partial charge in [-0.05, 0) is 18.6 Å². The Morgan fingerprint density at radius 2 is 1.85 bits per heavy atom.